The number of hydrogen-bond donors (Lipinski definition) is 2. The second kappa shape index (κ2) is 6.82. The van der Waals surface area contributed by atoms with Crippen LogP contribution in [0.5, 0.6) is 0 Å². The van der Waals surface area contributed by atoms with E-state index in [9.17, 15) is 0 Å². The Kier molecular flexibility index (Phi) is 4.85. The number of anilines is 1. The molecule has 4 heteroatoms. The van der Waals surface area contributed by atoms with E-state index in [2.05, 4.69) is 22.8 Å². The highest BCUT2D eigenvalue weighted by molar-refractivity contribution is 7.80. The van der Waals surface area contributed by atoms with E-state index in [-0.39, 0.29) is 0 Å². The third kappa shape index (κ3) is 4.48. The number of rotatable bonds is 3. The Labute approximate surface area is 124 Å². The van der Waals surface area contributed by atoms with Gasteiger partial charge in [0.05, 0.1) is 6.21 Å². The summed E-state index contributed by atoms with van der Waals surface area (Å²) in [4.78, 5) is 0. The van der Waals surface area contributed by atoms with Gasteiger partial charge < -0.3 is 5.32 Å². The van der Waals surface area contributed by atoms with Crippen molar-refractivity contribution in [3.05, 3.63) is 65.2 Å². The minimum absolute atomic E-state index is 0.470. The van der Waals surface area contributed by atoms with E-state index in [4.69, 9.17) is 12.2 Å². The van der Waals surface area contributed by atoms with Crippen molar-refractivity contribution in [1.29, 1.82) is 0 Å². The van der Waals surface area contributed by atoms with Crippen LogP contribution in [0, 0.1) is 13.8 Å². The zero-order valence-corrected chi connectivity index (χ0v) is 12.4. The van der Waals surface area contributed by atoms with E-state index in [0.717, 1.165) is 11.3 Å². The quantitative estimate of drug-likeness (QED) is 0.513. The van der Waals surface area contributed by atoms with Crippen LogP contribution in [0.4, 0.5) is 5.69 Å². The Bertz CT molecular complexity index is 601. The van der Waals surface area contributed by atoms with Crippen molar-refractivity contribution in [2.24, 2.45) is 5.10 Å². The molecule has 0 bridgehead atoms. The minimum Gasteiger partial charge on any atom is -0.331 e. The van der Waals surface area contributed by atoms with Gasteiger partial charge in [-0.25, -0.2) is 0 Å². The van der Waals surface area contributed by atoms with Crippen LogP contribution in [-0.2, 0) is 0 Å². The Balaban J connectivity index is 1.85. The van der Waals surface area contributed by atoms with Crippen LogP contribution >= 0.6 is 12.2 Å². The average molecular weight is 283 g/mol. The van der Waals surface area contributed by atoms with Gasteiger partial charge in [-0.15, -0.1) is 0 Å². The summed E-state index contributed by atoms with van der Waals surface area (Å²) >= 11 is 5.17. The molecule has 0 heterocycles. The van der Waals surface area contributed by atoms with Crippen LogP contribution in [0.3, 0.4) is 0 Å². The van der Waals surface area contributed by atoms with E-state index in [1.165, 1.54) is 11.1 Å². The number of hydrogen-bond acceptors (Lipinski definition) is 2. The maximum Gasteiger partial charge on any atom is 0.191 e. The van der Waals surface area contributed by atoms with Gasteiger partial charge >= 0.3 is 0 Å². The highest BCUT2D eigenvalue weighted by Crippen LogP contribution is 2.08. The van der Waals surface area contributed by atoms with Crippen molar-refractivity contribution in [2.45, 2.75) is 13.8 Å². The van der Waals surface area contributed by atoms with Gasteiger partial charge in [0.15, 0.2) is 5.11 Å². The standard InChI is InChI=1S/C16H17N3S/c1-12-3-7-14(8-4-12)11-17-19-16(20)18-15-9-5-13(2)6-10-15/h3-11H,1-2H3,(H2,18,19,20). The molecule has 20 heavy (non-hydrogen) atoms. The molecule has 0 aromatic heterocycles. The van der Waals surface area contributed by atoms with E-state index < -0.39 is 0 Å². The molecule has 0 saturated carbocycles. The normalized spacial score (nSPS) is 10.5. The first-order valence-corrected chi connectivity index (χ1v) is 6.78. The number of thiocarbonyl (C=S) groups is 1. The molecule has 0 radical (unpaired) electrons. The molecule has 0 unspecified atom stereocenters. The number of benzene rings is 2. The van der Waals surface area contributed by atoms with Gasteiger partial charge in [0, 0.05) is 5.69 Å². The smallest absolute Gasteiger partial charge is 0.191 e. The van der Waals surface area contributed by atoms with Crippen LogP contribution in [0.25, 0.3) is 0 Å². The van der Waals surface area contributed by atoms with Gasteiger partial charge in [-0.05, 0) is 43.8 Å². The molecule has 2 aromatic rings. The number of nitrogens with zero attached hydrogens (tertiary/aromatic N) is 1. The van der Waals surface area contributed by atoms with Gasteiger partial charge in [0.1, 0.15) is 0 Å². The Morgan fingerprint density at radius 1 is 0.950 bits per heavy atom. The van der Waals surface area contributed by atoms with Crippen LogP contribution in [-0.4, -0.2) is 11.3 Å². The van der Waals surface area contributed by atoms with Crippen molar-refractivity contribution in [2.75, 3.05) is 5.32 Å². The third-order valence-corrected chi connectivity index (χ3v) is 2.96. The molecule has 0 aliphatic heterocycles. The zero-order valence-electron chi connectivity index (χ0n) is 11.6. The SMILES string of the molecule is Cc1ccc(C=NNC(=S)Nc2ccc(C)cc2)cc1. The largest absolute Gasteiger partial charge is 0.331 e. The lowest BCUT2D eigenvalue weighted by atomic mass is 10.2. The van der Waals surface area contributed by atoms with Crippen molar-refractivity contribution in [1.82, 2.24) is 5.43 Å². The number of nitrogens with one attached hydrogen (secondary N) is 2. The average Bonchev–Trinajstić information content (AvgIpc) is 2.44. The predicted octanol–water partition coefficient (Wildman–Crippen LogP) is 3.62. The molecule has 0 fully saturated rings. The molecule has 3 nitrogen and oxygen atoms in total. The van der Waals surface area contributed by atoms with Crippen molar-refractivity contribution >= 4 is 29.2 Å². The molecule has 0 amide bonds. The molecule has 2 N–H and O–H groups in total. The van der Waals surface area contributed by atoms with Crippen LogP contribution in [0.1, 0.15) is 16.7 Å². The third-order valence-electron chi connectivity index (χ3n) is 2.77. The van der Waals surface area contributed by atoms with Crippen molar-refractivity contribution in [3.63, 3.8) is 0 Å². The second-order valence-corrected chi connectivity index (χ2v) is 5.01. The molecule has 102 valence electrons. The van der Waals surface area contributed by atoms with Gasteiger partial charge in [0.2, 0.25) is 0 Å². The van der Waals surface area contributed by atoms with E-state index in [1.807, 2.05) is 55.5 Å². The van der Waals surface area contributed by atoms with E-state index in [0.29, 0.717) is 5.11 Å². The summed E-state index contributed by atoms with van der Waals surface area (Å²) in [6.07, 6.45) is 1.74. The molecule has 0 aliphatic carbocycles. The second-order valence-electron chi connectivity index (χ2n) is 4.60. The van der Waals surface area contributed by atoms with Crippen molar-refractivity contribution in [3.8, 4) is 0 Å². The van der Waals surface area contributed by atoms with Crippen molar-refractivity contribution < 1.29 is 0 Å². The summed E-state index contributed by atoms with van der Waals surface area (Å²) in [6, 6.07) is 16.1. The Morgan fingerprint density at radius 2 is 1.50 bits per heavy atom. The van der Waals surface area contributed by atoms with E-state index in [1.54, 1.807) is 6.21 Å². The molecule has 2 rings (SSSR count). The lowest BCUT2D eigenvalue weighted by molar-refractivity contribution is 1.05. The molecule has 0 aliphatic rings. The fraction of sp³-hybridized carbons (Fsp3) is 0.125. The monoisotopic (exact) mass is 283 g/mol. The highest BCUT2D eigenvalue weighted by atomic mass is 32.1. The lowest BCUT2D eigenvalue weighted by Gasteiger charge is -2.06. The Morgan fingerprint density at radius 3 is 2.10 bits per heavy atom. The molecule has 0 atom stereocenters. The summed E-state index contributed by atoms with van der Waals surface area (Å²) in [5, 5.41) is 7.65. The maximum absolute atomic E-state index is 5.17. The topological polar surface area (TPSA) is 36.4 Å². The molecule has 0 spiro atoms. The summed E-state index contributed by atoms with van der Waals surface area (Å²) in [7, 11) is 0. The summed E-state index contributed by atoms with van der Waals surface area (Å²) in [6.45, 7) is 4.10. The summed E-state index contributed by atoms with van der Waals surface area (Å²) in [5.74, 6) is 0. The summed E-state index contributed by atoms with van der Waals surface area (Å²) < 4.78 is 0. The lowest BCUT2D eigenvalue weighted by Crippen LogP contribution is -2.23. The minimum atomic E-state index is 0.470. The van der Waals surface area contributed by atoms with Crippen LogP contribution in [0.15, 0.2) is 53.6 Å². The van der Waals surface area contributed by atoms with E-state index >= 15 is 0 Å². The maximum atomic E-state index is 5.17. The number of aryl methyl sites for hydroxylation is 2. The van der Waals surface area contributed by atoms with Gasteiger partial charge in [0.25, 0.3) is 0 Å². The fourth-order valence-electron chi connectivity index (χ4n) is 1.61. The first-order chi connectivity index (χ1) is 9.63. The Hall–Kier alpha value is -2.20. The first-order valence-electron chi connectivity index (χ1n) is 6.37. The van der Waals surface area contributed by atoms with Crippen LogP contribution < -0.4 is 10.7 Å². The molecule has 2 aromatic carbocycles. The van der Waals surface area contributed by atoms with Gasteiger partial charge in [-0.2, -0.15) is 5.10 Å². The zero-order chi connectivity index (χ0) is 14.4. The van der Waals surface area contributed by atoms with Gasteiger partial charge in [-0.3, -0.25) is 5.43 Å². The molecule has 0 saturated heterocycles. The highest BCUT2D eigenvalue weighted by Gasteiger charge is 1.95. The van der Waals surface area contributed by atoms with Gasteiger partial charge in [-0.1, -0.05) is 47.5 Å². The summed E-state index contributed by atoms with van der Waals surface area (Å²) in [5.41, 5.74) is 7.21. The van der Waals surface area contributed by atoms with Crippen LogP contribution in [0.2, 0.25) is 0 Å². The number of hydrazone groups is 1. The predicted molar refractivity (Wildman–Crippen MR) is 89.3 cm³/mol. The molecular weight excluding hydrogens is 266 g/mol. The fourth-order valence-corrected chi connectivity index (χ4v) is 1.78. The first kappa shape index (κ1) is 14.2. The molecular formula is C16H17N3S.